The Morgan fingerprint density at radius 1 is 1.00 bits per heavy atom. The van der Waals surface area contributed by atoms with E-state index in [9.17, 15) is 29.6 Å². The van der Waals surface area contributed by atoms with Gasteiger partial charge < -0.3 is 23.8 Å². The van der Waals surface area contributed by atoms with Gasteiger partial charge in [-0.25, -0.2) is 0 Å². The molecule has 4 atom stereocenters. The van der Waals surface area contributed by atoms with Gasteiger partial charge in [-0.05, 0) is 54.6 Å². The van der Waals surface area contributed by atoms with Gasteiger partial charge in [0.2, 0.25) is 20.7 Å². The molecule has 4 aromatic carbocycles. The van der Waals surface area contributed by atoms with Gasteiger partial charge in [-0.15, -0.1) is 0 Å². The molecule has 0 aliphatic carbocycles. The molecule has 6 rings (SSSR count). The number of fused-ring (bicyclic) bond motifs is 2. The van der Waals surface area contributed by atoms with Gasteiger partial charge in [0.15, 0.2) is 5.60 Å². The van der Waals surface area contributed by atoms with E-state index in [-0.39, 0.29) is 49.8 Å². The summed E-state index contributed by atoms with van der Waals surface area (Å²) in [5.74, 6) is -1.66. The maximum Gasteiger partial charge on any atom is 0.269 e. The van der Waals surface area contributed by atoms with Crippen LogP contribution >= 0.6 is 0 Å². The van der Waals surface area contributed by atoms with Crippen LogP contribution in [0.3, 0.4) is 0 Å². The first-order valence-corrected chi connectivity index (χ1v) is 20.1. The minimum atomic E-state index is -3.67. The van der Waals surface area contributed by atoms with E-state index in [1.165, 1.54) is 46.0 Å². The van der Waals surface area contributed by atoms with Crippen LogP contribution in [-0.4, -0.2) is 60.8 Å². The highest BCUT2D eigenvalue weighted by molar-refractivity contribution is 6.72. The number of para-hydroxylation sites is 1. The minimum absolute atomic E-state index is 0.0306. The number of hydrogen-bond donors (Lipinski definition) is 1. The first kappa shape index (κ1) is 36.5. The van der Waals surface area contributed by atoms with Crippen molar-refractivity contribution in [2.75, 3.05) is 23.0 Å². The fraction of sp³-hybridized carbons (Fsp3) is 0.308. The number of carbonyl (C=O) groups excluding carboxylic acids is 3. The summed E-state index contributed by atoms with van der Waals surface area (Å²) in [6.45, 7) is 4.79. The molecule has 0 radical (unpaired) electrons. The second-order valence-electron chi connectivity index (χ2n) is 13.8. The Morgan fingerprint density at radius 3 is 2.29 bits per heavy atom. The Labute approximate surface area is 302 Å². The summed E-state index contributed by atoms with van der Waals surface area (Å²) >= 11 is 0. The molecule has 1 saturated heterocycles. The van der Waals surface area contributed by atoms with Gasteiger partial charge in [0.05, 0.1) is 36.3 Å². The molecule has 0 aromatic heterocycles. The fourth-order valence-electron chi connectivity index (χ4n) is 7.87. The zero-order valence-corrected chi connectivity index (χ0v) is 30.2. The lowest BCUT2D eigenvalue weighted by molar-refractivity contribution is -0.385. The second-order valence-corrected chi connectivity index (χ2v) is 17.6. The summed E-state index contributed by atoms with van der Waals surface area (Å²) in [5, 5.41) is 21.8. The van der Waals surface area contributed by atoms with Gasteiger partial charge in [-0.1, -0.05) is 67.6 Å². The first-order valence-electron chi connectivity index (χ1n) is 17.2. The van der Waals surface area contributed by atoms with Crippen molar-refractivity contribution >= 4 is 49.4 Å². The second kappa shape index (κ2) is 14.8. The lowest BCUT2D eigenvalue weighted by atomic mass is 9.82. The molecule has 270 valence electrons. The molecule has 13 heteroatoms. The molecule has 2 aliphatic heterocycles. The van der Waals surface area contributed by atoms with E-state index in [1.54, 1.807) is 37.3 Å². The fourth-order valence-corrected chi connectivity index (χ4v) is 10.4. The number of aliphatic hydroxyl groups is 1. The third-order valence-corrected chi connectivity index (χ3v) is 12.6. The van der Waals surface area contributed by atoms with E-state index in [2.05, 4.69) is 0 Å². The summed E-state index contributed by atoms with van der Waals surface area (Å²) in [5.41, 5.74) is 0.515. The van der Waals surface area contributed by atoms with Crippen LogP contribution in [-0.2, 0) is 37.8 Å². The summed E-state index contributed by atoms with van der Waals surface area (Å²) in [7, 11) is -3.67. The van der Waals surface area contributed by atoms with Gasteiger partial charge in [-0.2, -0.15) is 0 Å². The van der Waals surface area contributed by atoms with E-state index in [4.69, 9.17) is 4.74 Å². The minimum Gasteiger partial charge on any atom is -0.395 e. The molecule has 0 unspecified atom stereocenters. The van der Waals surface area contributed by atoms with E-state index in [0.717, 1.165) is 5.56 Å². The summed E-state index contributed by atoms with van der Waals surface area (Å²) in [6.07, 6.45) is -0.555. The van der Waals surface area contributed by atoms with Crippen LogP contribution < -0.4 is 9.80 Å². The van der Waals surface area contributed by atoms with Gasteiger partial charge in [-0.3, -0.25) is 29.4 Å². The molecule has 0 saturated carbocycles. The predicted molar refractivity (Wildman–Crippen MR) is 197 cm³/mol. The van der Waals surface area contributed by atoms with Gasteiger partial charge in [0, 0.05) is 53.6 Å². The summed E-state index contributed by atoms with van der Waals surface area (Å²) in [4.78, 5) is 56.9. The number of rotatable bonds is 13. The lowest BCUT2D eigenvalue weighted by Crippen LogP contribution is -2.45. The van der Waals surface area contributed by atoms with Crippen LogP contribution in [0, 0.1) is 16.0 Å². The van der Waals surface area contributed by atoms with Crippen LogP contribution in [0.1, 0.15) is 30.0 Å². The molecule has 1 N–H and O–H groups in total. The quantitative estimate of drug-likeness (QED) is 0.0539. The van der Waals surface area contributed by atoms with E-state index in [0.29, 0.717) is 29.0 Å². The summed E-state index contributed by atoms with van der Waals surface area (Å²) in [6, 6.07) is 29.7. The average Bonchev–Trinajstić information content (AvgIpc) is 3.55. The van der Waals surface area contributed by atoms with Crippen molar-refractivity contribution in [2.24, 2.45) is 5.92 Å². The van der Waals surface area contributed by atoms with Crippen molar-refractivity contribution in [3.05, 3.63) is 130 Å². The first-order chi connectivity index (χ1) is 24.9. The lowest BCUT2D eigenvalue weighted by Gasteiger charge is -2.31. The van der Waals surface area contributed by atoms with Crippen molar-refractivity contribution in [3.63, 3.8) is 0 Å². The SMILES string of the molecule is C[C@@H]1[C@@H]([Si](C)(C)F)[C@H](CC(=O)N(CCO)Cc2ccccc2)O[C@@]12C(=O)N(Cc1cccc(N(C=O)c3ccccc3)c1)c1ccc([N+](=O)[O-])cc12. The number of non-ortho nitro benzene ring substituents is 1. The van der Waals surface area contributed by atoms with Crippen LogP contribution in [0.5, 0.6) is 0 Å². The number of halogens is 1. The number of amides is 3. The number of nitro benzene ring substituents is 1. The van der Waals surface area contributed by atoms with Gasteiger partial charge >= 0.3 is 0 Å². The highest BCUT2D eigenvalue weighted by atomic mass is 28.4. The number of nitrogens with zero attached hydrogens (tertiary/aromatic N) is 4. The third kappa shape index (κ3) is 6.86. The Kier molecular flexibility index (Phi) is 10.4. The Hall–Kier alpha value is -5.24. The number of anilines is 3. The van der Waals surface area contributed by atoms with E-state index in [1.807, 2.05) is 54.6 Å². The molecule has 1 spiro atoms. The highest BCUT2D eigenvalue weighted by Gasteiger charge is 2.67. The van der Waals surface area contributed by atoms with Crippen molar-refractivity contribution in [1.82, 2.24) is 4.90 Å². The largest absolute Gasteiger partial charge is 0.395 e. The molecule has 3 amide bonds. The van der Waals surface area contributed by atoms with Gasteiger partial charge in [0.25, 0.3) is 11.6 Å². The Morgan fingerprint density at radius 2 is 1.65 bits per heavy atom. The van der Waals surface area contributed by atoms with Crippen molar-refractivity contribution in [1.29, 1.82) is 0 Å². The molecule has 0 bridgehead atoms. The van der Waals surface area contributed by atoms with E-state index >= 15 is 4.11 Å². The molecule has 2 heterocycles. The number of ether oxygens (including phenoxy) is 1. The van der Waals surface area contributed by atoms with Crippen LogP contribution in [0.4, 0.5) is 26.9 Å². The van der Waals surface area contributed by atoms with Crippen molar-refractivity contribution in [3.8, 4) is 0 Å². The normalized spacial score (nSPS) is 20.9. The number of aliphatic hydroxyl groups excluding tert-OH is 1. The molecule has 2 aliphatic rings. The Balaban J connectivity index is 1.37. The number of nitro groups is 1. The van der Waals surface area contributed by atoms with Crippen LogP contribution in [0.15, 0.2) is 103 Å². The number of hydrogen-bond acceptors (Lipinski definition) is 7. The zero-order chi connectivity index (χ0) is 37.2. The molecule has 52 heavy (non-hydrogen) atoms. The topological polar surface area (TPSA) is 134 Å². The molecule has 11 nitrogen and oxygen atoms in total. The standard InChI is InChI=1S/C39H41FN4O7Si/c1-27-37(52(2,3)40)35(23-36(47)41(19-20-45)24-28-11-6-4-7-12-28)51-39(27)33-22-32(44(49)50)17-18-34(33)42(38(39)48)25-29-13-10-16-31(21-29)43(26-46)30-14-8-5-9-15-30/h4-18,21-22,26-27,35,37,45H,19-20,23-25H2,1-3H3/t27-,35+,37-,39+/m1/s1. The van der Waals surface area contributed by atoms with Crippen LogP contribution in [0.25, 0.3) is 0 Å². The molecule has 1 fully saturated rings. The van der Waals surface area contributed by atoms with E-state index < -0.39 is 42.4 Å². The molecular weight excluding hydrogens is 684 g/mol. The third-order valence-electron chi connectivity index (χ3n) is 10.1. The summed E-state index contributed by atoms with van der Waals surface area (Å²) < 4.78 is 23.2. The molecule has 4 aromatic rings. The van der Waals surface area contributed by atoms with Crippen molar-refractivity contribution < 1.29 is 33.3 Å². The monoisotopic (exact) mass is 724 g/mol. The van der Waals surface area contributed by atoms with Crippen LogP contribution in [0.2, 0.25) is 18.6 Å². The number of benzene rings is 4. The maximum atomic E-state index is 16.5. The smallest absolute Gasteiger partial charge is 0.269 e. The maximum absolute atomic E-state index is 16.5. The molecular formula is C39H41FN4O7Si. The Bertz CT molecular complexity index is 1960. The number of carbonyl (C=O) groups is 3. The average molecular weight is 725 g/mol. The highest BCUT2D eigenvalue weighted by Crippen LogP contribution is 2.60. The predicted octanol–water partition coefficient (Wildman–Crippen LogP) is 6.62. The zero-order valence-electron chi connectivity index (χ0n) is 29.2. The van der Waals surface area contributed by atoms with Gasteiger partial charge in [0.1, 0.15) is 0 Å². The van der Waals surface area contributed by atoms with Crippen molar-refractivity contribution in [2.45, 2.75) is 56.8 Å².